The van der Waals surface area contributed by atoms with E-state index in [-0.39, 0.29) is 6.42 Å². The van der Waals surface area contributed by atoms with Crippen LogP contribution in [0.15, 0.2) is 16.6 Å². The molecule has 0 unspecified atom stereocenters. The fraction of sp³-hybridized carbons (Fsp3) is 0.200. The van der Waals surface area contributed by atoms with E-state index in [9.17, 15) is 4.79 Å². The van der Waals surface area contributed by atoms with Crippen LogP contribution in [0.5, 0.6) is 0 Å². The van der Waals surface area contributed by atoms with Crippen LogP contribution >= 0.6 is 15.9 Å². The monoisotopic (exact) mass is 253 g/mol. The molecule has 0 aliphatic carbocycles. The molecule has 1 rings (SSSR count). The summed E-state index contributed by atoms with van der Waals surface area (Å²) < 4.78 is 0.771. The predicted octanol–water partition coefficient (Wildman–Crippen LogP) is 2.26. The number of carboxylic acids is 1. The summed E-state index contributed by atoms with van der Waals surface area (Å²) in [7, 11) is 0. The topological polar surface area (TPSA) is 61.1 Å². The third-order valence-electron chi connectivity index (χ3n) is 1.88. The van der Waals surface area contributed by atoms with E-state index < -0.39 is 5.97 Å². The van der Waals surface area contributed by atoms with Crippen LogP contribution in [0.3, 0.4) is 0 Å². The zero-order valence-electron chi connectivity index (χ0n) is 7.54. The molecule has 0 aliphatic heterocycles. The molecule has 72 valence electrons. The lowest BCUT2D eigenvalue weighted by atomic mass is 10.0. The Kier molecular flexibility index (Phi) is 3.26. The van der Waals surface area contributed by atoms with Crippen molar-refractivity contribution in [2.45, 2.75) is 13.3 Å². The third-order valence-corrected chi connectivity index (χ3v) is 2.70. The first-order valence-electron chi connectivity index (χ1n) is 3.95. The standard InChI is InChI=1S/C10H8BrNO2/c1-6-8(5-12)2-7(3-9(6)11)4-10(13)14/h2-3H,4H2,1H3,(H,13,14). The zero-order chi connectivity index (χ0) is 10.7. The molecule has 0 amide bonds. The molecule has 0 saturated carbocycles. The van der Waals surface area contributed by atoms with Crippen LogP contribution in [-0.4, -0.2) is 11.1 Å². The molecule has 0 aromatic heterocycles. The second-order valence-corrected chi connectivity index (χ2v) is 3.79. The van der Waals surface area contributed by atoms with Crippen molar-refractivity contribution < 1.29 is 9.90 Å². The summed E-state index contributed by atoms with van der Waals surface area (Å²) in [5.74, 6) is -0.898. The lowest BCUT2D eigenvalue weighted by Crippen LogP contribution is -2.01. The van der Waals surface area contributed by atoms with Crippen LogP contribution in [0.1, 0.15) is 16.7 Å². The van der Waals surface area contributed by atoms with Crippen molar-refractivity contribution in [1.29, 1.82) is 5.26 Å². The minimum absolute atomic E-state index is 0.0619. The van der Waals surface area contributed by atoms with Gasteiger partial charge in [-0.25, -0.2) is 0 Å². The quantitative estimate of drug-likeness (QED) is 0.880. The van der Waals surface area contributed by atoms with Gasteiger partial charge in [0.15, 0.2) is 0 Å². The minimum Gasteiger partial charge on any atom is -0.481 e. The summed E-state index contributed by atoms with van der Waals surface area (Å²) in [6.45, 7) is 1.81. The van der Waals surface area contributed by atoms with Gasteiger partial charge in [0, 0.05) is 4.47 Å². The molecule has 1 aromatic rings. The number of carbonyl (C=O) groups is 1. The van der Waals surface area contributed by atoms with Crippen molar-refractivity contribution >= 4 is 21.9 Å². The van der Waals surface area contributed by atoms with Crippen LogP contribution in [0.4, 0.5) is 0 Å². The van der Waals surface area contributed by atoms with Crippen molar-refractivity contribution in [2.75, 3.05) is 0 Å². The lowest BCUT2D eigenvalue weighted by molar-refractivity contribution is -0.136. The number of nitriles is 1. The van der Waals surface area contributed by atoms with Gasteiger partial charge in [-0.1, -0.05) is 15.9 Å². The van der Waals surface area contributed by atoms with E-state index in [1.807, 2.05) is 13.0 Å². The SMILES string of the molecule is Cc1c(Br)cc(CC(=O)O)cc1C#N. The van der Waals surface area contributed by atoms with Gasteiger partial charge in [-0.2, -0.15) is 5.26 Å². The third kappa shape index (κ3) is 2.33. The Labute approximate surface area is 90.1 Å². The highest BCUT2D eigenvalue weighted by molar-refractivity contribution is 9.10. The highest BCUT2D eigenvalue weighted by atomic mass is 79.9. The lowest BCUT2D eigenvalue weighted by Gasteiger charge is -2.04. The van der Waals surface area contributed by atoms with Crippen molar-refractivity contribution in [1.82, 2.24) is 0 Å². The number of carboxylic acid groups (broad SMARTS) is 1. The van der Waals surface area contributed by atoms with Gasteiger partial charge in [-0.05, 0) is 30.2 Å². The number of hydrogen-bond acceptors (Lipinski definition) is 2. The van der Waals surface area contributed by atoms with E-state index in [0.29, 0.717) is 11.1 Å². The van der Waals surface area contributed by atoms with E-state index in [1.54, 1.807) is 12.1 Å². The van der Waals surface area contributed by atoms with Gasteiger partial charge < -0.3 is 5.11 Å². The Hall–Kier alpha value is -1.34. The Morgan fingerprint density at radius 3 is 2.79 bits per heavy atom. The molecule has 14 heavy (non-hydrogen) atoms. The molecule has 0 radical (unpaired) electrons. The maximum Gasteiger partial charge on any atom is 0.307 e. The maximum atomic E-state index is 10.5. The Balaban J connectivity index is 3.18. The van der Waals surface area contributed by atoms with Gasteiger partial charge in [-0.15, -0.1) is 0 Å². The maximum absolute atomic E-state index is 10.5. The summed E-state index contributed by atoms with van der Waals surface area (Å²) >= 11 is 3.28. The molecule has 3 nitrogen and oxygen atoms in total. The van der Waals surface area contributed by atoms with Crippen LogP contribution in [0.25, 0.3) is 0 Å². The van der Waals surface area contributed by atoms with Gasteiger partial charge in [0.25, 0.3) is 0 Å². The van der Waals surface area contributed by atoms with Crippen LogP contribution in [0.2, 0.25) is 0 Å². The van der Waals surface area contributed by atoms with Crippen molar-refractivity contribution in [3.8, 4) is 6.07 Å². The molecular weight excluding hydrogens is 246 g/mol. The molecule has 0 saturated heterocycles. The number of hydrogen-bond donors (Lipinski definition) is 1. The first kappa shape index (κ1) is 10.7. The Bertz CT molecular complexity index is 421. The summed E-state index contributed by atoms with van der Waals surface area (Å²) in [4.78, 5) is 10.5. The molecule has 0 atom stereocenters. The molecule has 1 N–H and O–H groups in total. The van der Waals surface area contributed by atoms with E-state index in [1.165, 1.54) is 0 Å². The van der Waals surface area contributed by atoms with Gasteiger partial charge in [0.2, 0.25) is 0 Å². The fourth-order valence-corrected chi connectivity index (χ4v) is 1.64. The van der Waals surface area contributed by atoms with Crippen LogP contribution in [0, 0.1) is 18.3 Å². The van der Waals surface area contributed by atoms with Crippen LogP contribution < -0.4 is 0 Å². The van der Waals surface area contributed by atoms with Gasteiger partial charge in [0.05, 0.1) is 18.1 Å². The van der Waals surface area contributed by atoms with Gasteiger partial charge in [0.1, 0.15) is 0 Å². The van der Waals surface area contributed by atoms with Crippen molar-refractivity contribution in [2.24, 2.45) is 0 Å². The molecular formula is C10H8BrNO2. The highest BCUT2D eigenvalue weighted by Crippen LogP contribution is 2.22. The minimum atomic E-state index is -0.898. The molecule has 0 bridgehead atoms. The zero-order valence-corrected chi connectivity index (χ0v) is 9.13. The normalized spacial score (nSPS) is 9.50. The summed E-state index contributed by atoms with van der Waals surface area (Å²) in [5.41, 5.74) is 1.98. The second-order valence-electron chi connectivity index (χ2n) is 2.93. The van der Waals surface area contributed by atoms with E-state index >= 15 is 0 Å². The molecule has 4 heteroatoms. The van der Waals surface area contributed by atoms with Crippen molar-refractivity contribution in [3.05, 3.63) is 33.3 Å². The number of rotatable bonds is 2. The number of halogens is 1. The van der Waals surface area contributed by atoms with Crippen LogP contribution in [-0.2, 0) is 11.2 Å². The Morgan fingerprint density at radius 1 is 1.64 bits per heavy atom. The van der Waals surface area contributed by atoms with Gasteiger partial charge >= 0.3 is 5.97 Å². The number of benzene rings is 1. The smallest absolute Gasteiger partial charge is 0.307 e. The van der Waals surface area contributed by atoms with Gasteiger partial charge in [-0.3, -0.25) is 4.79 Å². The molecule has 0 spiro atoms. The van der Waals surface area contributed by atoms with E-state index in [4.69, 9.17) is 10.4 Å². The average molecular weight is 254 g/mol. The largest absolute Gasteiger partial charge is 0.481 e. The molecule has 0 aliphatic rings. The second kappa shape index (κ2) is 4.25. The number of aliphatic carboxylic acids is 1. The first-order valence-corrected chi connectivity index (χ1v) is 4.75. The van der Waals surface area contributed by atoms with E-state index in [2.05, 4.69) is 15.9 Å². The predicted molar refractivity (Wildman–Crippen MR) is 54.9 cm³/mol. The highest BCUT2D eigenvalue weighted by Gasteiger charge is 2.07. The summed E-state index contributed by atoms with van der Waals surface area (Å²) in [5, 5.41) is 17.4. The summed E-state index contributed by atoms with van der Waals surface area (Å²) in [6.07, 6.45) is -0.0619. The molecule has 0 fully saturated rings. The van der Waals surface area contributed by atoms with E-state index in [0.717, 1.165) is 10.0 Å². The first-order chi connectivity index (χ1) is 6.54. The van der Waals surface area contributed by atoms with Crippen molar-refractivity contribution in [3.63, 3.8) is 0 Å². The molecule has 0 heterocycles. The average Bonchev–Trinajstić information content (AvgIpc) is 2.10. The Morgan fingerprint density at radius 2 is 2.29 bits per heavy atom. The number of nitrogens with zero attached hydrogens (tertiary/aromatic N) is 1. The fourth-order valence-electron chi connectivity index (χ4n) is 1.13. The summed E-state index contributed by atoms with van der Waals surface area (Å²) in [6, 6.07) is 5.36. The molecule has 1 aromatic carbocycles.